The molecule has 2 amide bonds. The van der Waals surface area contributed by atoms with Gasteiger partial charge in [0, 0.05) is 11.7 Å². The minimum Gasteiger partial charge on any atom is -0.336 e. The minimum absolute atomic E-state index is 0.00621. The maximum absolute atomic E-state index is 11.6. The molecule has 7 nitrogen and oxygen atoms in total. The lowest BCUT2D eigenvalue weighted by atomic mass is 10.2. The molecule has 1 aromatic carbocycles. The van der Waals surface area contributed by atoms with Gasteiger partial charge in [0.1, 0.15) is 0 Å². The molecule has 1 aromatic heterocycles. The highest BCUT2D eigenvalue weighted by Gasteiger charge is 2.07. The van der Waals surface area contributed by atoms with Crippen molar-refractivity contribution in [3.05, 3.63) is 38.9 Å². The summed E-state index contributed by atoms with van der Waals surface area (Å²) in [7, 11) is 0. The van der Waals surface area contributed by atoms with Crippen LogP contribution >= 0.6 is 0 Å². The van der Waals surface area contributed by atoms with Crippen LogP contribution in [0.4, 0.5) is 10.5 Å². The second kappa shape index (κ2) is 4.97. The first-order valence-corrected chi connectivity index (χ1v) is 5.79. The van der Waals surface area contributed by atoms with Gasteiger partial charge in [0.05, 0.1) is 10.8 Å². The average Bonchev–Trinajstić information content (AvgIpc) is 2.33. The summed E-state index contributed by atoms with van der Waals surface area (Å²) < 4.78 is 0. The number of hydrogen-bond acceptors (Lipinski definition) is 3. The highest BCUT2D eigenvalue weighted by molar-refractivity contribution is 5.93. The van der Waals surface area contributed by atoms with Gasteiger partial charge in [-0.2, -0.15) is 0 Å². The van der Waals surface area contributed by atoms with Gasteiger partial charge in [-0.25, -0.2) is 4.79 Å². The number of hydrogen-bond donors (Lipinski definition) is 4. The standard InChI is InChI=1S/C12H14N4O3/c1-6(2)13-12(19)14-7-3-4-8-9(5-7)11(18)16-15-10(8)17/h3-6H,1-2H3,(H,15,17)(H,16,18)(H2,13,14,19). The summed E-state index contributed by atoms with van der Waals surface area (Å²) in [6.07, 6.45) is 0. The van der Waals surface area contributed by atoms with Crippen LogP contribution < -0.4 is 21.8 Å². The molecule has 100 valence electrons. The number of benzene rings is 1. The summed E-state index contributed by atoms with van der Waals surface area (Å²) in [6.45, 7) is 3.68. The first-order chi connectivity index (χ1) is 8.97. The number of rotatable bonds is 2. The van der Waals surface area contributed by atoms with E-state index < -0.39 is 5.56 Å². The van der Waals surface area contributed by atoms with E-state index in [-0.39, 0.29) is 28.4 Å². The number of carbonyl (C=O) groups excluding carboxylic acids is 1. The van der Waals surface area contributed by atoms with Gasteiger partial charge in [-0.05, 0) is 32.0 Å². The molecule has 2 rings (SSSR count). The number of H-pyrrole nitrogens is 2. The molecule has 0 radical (unpaired) electrons. The Bertz CT molecular complexity index is 730. The van der Waals surface area contributed by atoms with Gasteiger partial charge in [-0.15, -0.1) is 0 Å². The second-order valence-corrected chi connectivity index (χ2v) is 4.42. The Morgan fingerprint density at radius 3 is 2.37 bits per heavy atom. The van der Waals surface area contributed by atoms with E-state index in [9.17, 15) is 14.4 Å². The molecule has 7 heteroatoms. The van der Waals surface area contributed by atoms with Crippen molar-refractivity contribution >= 4 is 22.5 Å². The molecule has 19 heavy (non-hydrogen) atoms. The zero-order valence-electron chi connectivity index (χ0n) is 10.5. The Balaban J connectivity index is 2.37. The van der Waals surface area contributed by atoms with E-state index in [0.717, 1.165) is 0 Å². The Kier molecular flexibility index (Phi) is 3.37. The molecule has 0 saturated carbocycles. The normalized spacial score (nSPS) is 10.7. The van der Waals surface area contributed by atoms with Crippen molar-refractivity contribution < 1.29 is 4.79 Å². The molecule has 0 bridgehead atoms. The molecule has 1 heterocycles. The number of carbonyl (C=O) groups is 1. The van der Waals surface area contributed by atoms with Crippen molar-refractivity contribution in [3.63, 3.8) is 0 Å². The fraction of sp³-hybridized carbons (Fsp3) is 0.250. The monoisotopic (exact) mass is 262 g/mol. The predicted octanol–water partition coefficient (Wildman–Crippen LogP) is 0.746. The second-order valence-electron chi connectivity index (χ2n) is 4.42. The summed E-state index contributed by atoms with van der Waals surface area (Å²) in [4.78, 5) is 34.6. The van der Waals surface area contributed by atoms with Crippen LogP contribution in [0.15, 0.2) is 27.8 Å². The fourth-order valence-corrected chi connectivity index (χ4v) is 1.69. The molecular weight excluding hydrogens is 248 g/mol. The molecule has 0 spiro atoms. The lowest BCUT2D eigenvalue weighted by Crippen LogP contribution is -2.34. The van der Waals surface area contributed by atoms with Crippen LogP contribution in [0.1, 0.15) is 13.8 Å². The summed E-state index contributed by atoms with van der Waals surface area (Å²) in [5.74, 6) is 0. The largest absolute Gasteiger partial charge is 0.336 e. The highest BCUT2D eigenvalue weighted by Crippen LogP contribution is 2.12. The molecular formula is C12H14N4O3. The zero-order valence-corrected chi connectivity index (χ0v) is 10.5. The number of fused-ring (bicyclic) bond motifs is 1. The summed E-state index contributed by atoms with van der Waals surface area (Å²) in [5, 5.41) is 10.2. The van der Waals surface area contributed by atoms with E-state index in [1.807, 2.05) is 13.8 Å². The SMILES string of the molecule is CC(C)NC(=O)Nc1ccc2c(=O)[nH][nH]c(=O)c2c1. The first-order valence-electron chi connectivity index (χ1n) is 5.79. The molecule has 0 fully saturated rings. The Morgan fingerprint density at radius 2 is 1.74 bits per heavy atom. The molecule has 2 aromatic rings. The maximum atomic E-state index is 11.6. The number of nitrogens with one attached hydrogen (secondary N) is 4. The number of amides is 2. The Labute approximate surface area is 108 Å². The van der Waals surface area contributed by atoms with Gasteiger partial charge in [0.25, 0.3) is 11.1 Å². The third-order valence-corrected chi connectivity index (χ3v) is 2.48. The van der Waals surface area contributed by atoms with E-state index in [1.165, 1.54) is 12.1 Å². The van der Waals surface area contributed by atoms with Crippen LogP contribution in [-0.4, -0.2) is 22.3 Å². The number of anilines is 1. The van der Waals surface area contributed by atoms with Crippen molar-refractivity contribution in [2.45, 2.75) is 19.9 Å². The van der Waals surface area contributed by atoms with Crippen LogP contribution in [-0.2, 0) is 0 Å². The van der Waals surface area contributed by atoms with Gasteiger partial charge in [-0.3, -0.25) is 19.8 Å². The summed E-state index contributed by atoms with van der Waals surface area (Å²) in [5.41, 5.74) is -0.350. The Morgan fingerprint density at radius 1 is 1.11 bits per heavy atom. The van der Waals surface area contributed by atoms with E-state index in [1.54, 1.807) is 6.07 Å². The topological polar surface area (TPSA) is 107 Å². The van der Waals surface area contributed by atoms with Crippen molar-refractivity contribution in [2.75, 3.05) is 5.32 Å². The van der Waals surface area contributed by atoms with E-state index in [2.05, 4.69) is 20.8 Å². The van der Waals surface area contributed by atoms with Gasteiger partial charge in [0.15, 0.2) is 0 Å². The van der Waals surface area contributed by atoms with Crippen LogP contribution in [0.2, 0.25) is 0 Å². The molecule has 0 aliphatic heterocycles. The first kappa shape index (κ1) is 12.9. The van der Waals surface area contributed by atoms with Crippen LogP contribution in [0, 0.1) is 0 Å². The quantitative estimate of drug-likeness (QED) is 0.641. The van der Waals surface area contributed by atoms with Crippen molar-refractivity contribution in [2.24, 2.45) is 0 Å². The number of aromatic nitrogens is 2. The maximum Gasteiger partial charge on any atom is 0.319 e. The van der Waals surface area contributed by atoms with Crippen molar-refractivity contribution in [1.82, 2.24) is 15.5 Å². The third-order valence-electron chi connectivity index (χ3n) is 2.48. The third kappa shape index (κ3) is 2.82. The highest BCUT2D eigenvalue weighted by atomic mass is 16.2. The molecule has 0 unspecified atom stereocenters. The summed E-state index contributed by atoms with van der Waals surface area (Å²) >= 11 is 0. The number of aromatic amines is 2. The van der Waals surface area contributed by atoms with Gasteiger partial charge in [-0.1, -0.05) is 0 Å². The van der Waals surface area contributed by atoms with Gasteiger partial charge >= 0.3 is 6.03 Å². The molecule has 4 N–H and O–H groups in total. The van der Waals surface area contributed by atoms with Gasteiger partial charge < -0.3 is 10.6 Å². The van der Waals surface area contributed by atoms with Crippen molar-refractivity contribution in [3.8, 4) is 0 Å². The van der Waals surface area contributed by atoms with Crippen LogP contribution in [0.25, 0.3) is 10.8 Å². The van der Waals surface area contributed by atoms with E-state index in [4.69, 9.17) is 0 Å². The smallest absolute Gasteiger partial charge is 0.319 e. The fourth-order valence-electron chi connectivity index (χ4n) is 1.69. The van der Waals surface area contributed by atoms with E-state index in [0.29, 0.717) is 5.69 Å². The van der Waals surface area contributed by atoms with Crippen molar-refractivity contribution in [1.29, 1.82) is 0 Å². The predicted molar refractivity (Wildman–Crippen MR) is 72.5 cm³/mol. The minimum atomic E-state index is -0.414. The molecule has 0 aliphatic carbocycles. The lowest BCUT2D eigenvalue weighted by molar-refractivity contribution is 0.250. The Hall–Kier alpha value is -2.57. The molecule has 0 aliphatic rings. The van der Waals surface area contributed by atoms with Crippen LogP contribution in [0.3, 0.4) is 0 Å². The average molecular weight is 262 g/mol. The summed E-state index contributed by atoms with van der Waals surface area (Å²) in [6, 6.07) is 4.16. The van der Waals surface area contributed by atoms with Crippen LogP contribution in [0.5, 0.6) is 0 Å². The zero-order chi connectivity index (χ0) is 14.0. The molecule has 0 saturated heterocycles. The van der Waals surface area contributed by atoms with E-state index >= 15 is 0 Å². The molecule has 0 atom stereocenters. The number of urea groups is 1. The lowest BCUT2D eigenvalue weighted by Gasteiger charge is -2.10. The van der Waals surface area contributed by atoms with Gasteiger partial charge in [0.2, 0.25) is 0 Å².